The molecule has 0 bridgehead atoms. The van der Waals surface area contributed by atoms with Gasteiger partial charge in [0.1, 0.15) is 23.0 Å². The van der Waals surface area contributed by atoms with Crippen LogP contribution in [-0.4, -0.2) is 20.4 Å². The highest BCUT2D eigenvalue weighted by Gasteiger charge is 2.11. The highest BCUT2D eigenvalue weighted by Crippen LogP contribution is 2.34. The van der Waals surface area contributed by atoms with Gasteiger partial charge in [0.25, 0.3) is 0 Å². The van der Waals surface area contributed by atoms with Crippen molar-refractivity contribution in [3.63, 3.8) is 0 Å². The molecule has 0 fully saturated rings. The molecular formula is C44H30O6. The molecule has 0 saturated heterocycles. The van der Waals surface area contributed by atoms with E-state index in [1.54, 1.807) is 6.07 Å². The second-order valence-electron chi connectivity index (χ2n) is 11.9. The molecular weight excluding hydrogens is 624 g/mol. The minimum atomic E-state index is -0.430. The van der Waals surface area contributed by atoms with Crippen LogP contribution in [0.1, 0.15) is 0 Å². The summed E-state index contributed by atoms with van der Waals surface area (Å²) in [5.74, 6) is 0.677. The number of phenolic OH excluding ortho intramolecular Hbond substituents is 4. The van der Waals surface area contributed by atoms with Crippen molar-refractivity contribution >= 4 is 64.6 Å². The first-order chi connectivity index (χ1) is 24.3. The van der Waals surface area contributed by atoms with Crippen LogP contribution in [0, 0.1) is 0 Å². The van der Waals surface area contributed by atoms with E-state index in [0.717, 1.165) is 26.9 Å². The largest absolute Gasteiger partial charge is 0.508 e. The number of benzene rings is 10. The van der Waals surface area contributed by atoms with Gasteiger partial charge in [0, 0.05) is 10.8 Å². The third-order valence-electron chi connectivity index (χ3n) is 8.66. The summed E-state index contributed by atoms with van der Waals surface area (Å²) in [6.45, 7) is 0. The number of hydrogen-bond acceptors (Lipinski definition) is 6. The van der Waals surface area contributed by atoms with Crippen LogP contribution in [0.3, 0.4) is 0 Å². The maximum absolute atomic E-state index is 11.9. The fourth-order valence-corrected chi connectivity index (χ4v) is 6.33. The Hall–Kier alpha value is -6.92. The molecule has 242 valence electrons. The summed E-state index contributed by atoms with van der Waals surface area (Å²) >= 11 is 0. The molecule has 6 nitrogen and oxygen atoms in total. The van der Waals surface area contributed by atoms with Gasteiger partial charge in [-0.3, -0.25) is 9.59 Å². The van der Waals surface area contributed by atoms with E-state index in [4.69, 9.17) is 20.4 Å². The number of phenols is 4. The fraction of sp³-hybridized carbons (Fsp3) is 0. The second kappa shape index (κ2) is 13.3. The van der Waals surface area contributed by atoms with Crippen LogP contribution < -0.4 is 10.9 Å². The van der Waals surface area contributed by atoms with Gasteiger partial charge in [-0.15, -0.1) is 0 Å². The quantitative estimate of drug-likeness (QED) is 0.0736. The lowest BCUT2D eigenvalue weighted by Crippen LogP contribution is -2.22. The molecule has 0 aliphatic rings. The lowest BCUT2D eigenvalue weighted by Gasteiger charge is -2.09. The zero-order valence-corrected chi connectivity index (χ0v) is 26.6. The molecule has 0 heterocycles. The Morgan fingerprint density at radius 2 is 0.580 bits per heavy atom. The normalized spacial score (nSPS) is 10.9. The lowest BCUT2D eigenvalue weighted by molar-refractivity contribution is 0.460. The summed E-state index contributed by atoms with van der Waals surface area (Å²) in [5.41, 5.74) is -0.832. The molecule has 0 amide bonds. The van der Waals surface area contributed by atoms with Gasteiger partial charge in [0.15, 0.2) is 0 Å². The number of hydrogen-bond donors (Lipinski definition) is 4. The average molecular weight is 655 g/mol. The van der Waals surface area contributed by atoms with Crippen molar-refractivity contribution < 1.29 is 20.4 Å². The van der Waals surface area contributed by atoms with Crippen molar-refractivity contribution in [1.29, 1.82) is 0 Å². The zero-order chi connectivity index (χ0) is 34.8. The molecule has 0 unspecified atom stereocenters. The highest BCUT2D eigenvalue weighted by molar-refractivity contribution is 6.23. The van der Waals surface area contributed by atoms with E-state index >= 15 is 0 Å². The Bertz CT molecular complexity index is 2600. The van der Waals surface area contributed by atoms with Crippen molar-refractivity contribution in [2.45, 2.75) is 0 Å². The van der Waals surface area contributed by atoms with Gasteiger partial charge in [-0.2, -0.15) is 0 Å². The van der Waals surface area contributed by atoms with E-state index in [2.05, 4.69) is 60.7 Å². The Kier molecular flexibility index (Phi) is 8.42. The fourth-order valence-electron chi connectivity index (χ4n) is 6.33. The van der Waals surface area contributed by atoms with Crippen molar-refractivity contribution in [3.05, 3.63) is 178 Å². The standard InChI is InChI=1S/C16H8O2.C16H10.2C6H6O2/c17-13-8-11-5-4-9-2-1-3-10-6-7-12(16(13)18)15(11)14(9)10;1-3-11-7-9-13-5-2-6-14-10-8-12(4-1)15(11)16(13)14;2*7-5-1-2-6(8)4-3-5/h1-8H;1-10H;2*1-4,7-8H. The number of rotatable bonds is 0. The summed E-state index contributed by atoms with van der Waals surface area (Å²) < 4.78 is 0. The molecule has 0 spiro atoms. The van der Waals surface area contributed by atoms with Crippen LogP contribution >= 0.6 is 0 Å². The van der Waals surface area contributed by atoms with Gasteiger partial charge in [0.2, 0.25) is 10.9 Å². The minimum absolute atomic E-state index is 0.169. The SMILES string of the molecule is O=c1cc2ccc3cccc4ccc(c1=O)c2c34.Oc1ccc(O)cc1.Oc1ccc(O)cc1.c1cc2ccc3cccc4ccc(c1)c2c34. The van der Waals surface area contributed by atoms with Crippen LogP contribution in [0.5, 0.6) is 23.0 Å². The first-order valence-corrected chi connectivity index (χ1v) is 15.9. The van der Waals surface area contributed by atoms with Crippen LogP contribution in [-0.2, 0) is 0 Å². The van der Waals surface area contributed by atoms with Crippen molar-refractivity contribution in [3.8, 4) is 23.0 Å². The molecule has 4 N–H and O–H groups in total. The maximum Gasteiger partial charge on any atom is 0.233 e. The van der Waals surface area contributed by atoms with Crippen LogP contribution in [0.15, 0.2) is 167 Å². The van der Waals surface area contributed by atoms with Gasteiger partial charge >= 0.3 is 0 Å². The van der Waals surface area contributed by atoms with Crippen LogP contribution in [0.25, 0.3) is 64.6 Å². The molecule has 0 radical (unpaired) electrons. The van der Waals surface area contributed by atoms with Crippen molar-refractivity contribution in [2.75, 3.05) is 0 Å². The zero-order valence-electron chi connectivity index (χ0n) is 26.6. The van der Waals surface area contributed by atoms with Gasteiger partial charge in [-0.05, 0) is 115 Å². The molecule has 0 atom stereocenters. The van der Waals surface area contributed by atoms with Crippen molar-refractivity contribution in [2.24, 2.45) is 0 Å². The molecule has 0 aliphatic heterocycles. The predicted octanol–water partition coefficient (Wildman–Crippen LogP) is 9.52. The Morgan fingerprint density at radius 1 is 0.300 bits per heavy atom. The van der Waals surface area contributed by atoms with Crippen molar-refractivity contribution in [1.82, 2.24) is 0 Å². The van der Waals surface area contributed by atoms with E-state index in [1.807, 2.05) is 36.4 Å². The molecule has 10 aromatic carbocycles. The van der Waals surface area contributed by atoms with Crippen LogP contribution in [0.2, 0.25) is 0 Å². The highest BCUT2D eigenvalue weighted by atomic mass is 16.3. The molecule has 10 aromatic rings. The summed E-state index contributed by atoms with van der Waals surface area (Å²) in [4.78, 5) is 23.5. The van der Waals surface area contributed by atoms with Gasteiger partial charge in [0.05, 0.1) is 0 Å². The summed E-state index contributed by atoms with van der Waals surface area (Å²) in [7, 11) is 0. The lowest BCUT2D eigenvalue weighted by atomic mass is 9.94. The van der Waals surface area contributed by atoms with E-state index in [9.17, 15) is 9.59 Å². The summed E-state index contributed by atoms with van der Waals surface area (Å²) in [5, 5.41) is 48.3. The maximum atomic E-state index is 11.9. The Labute approximate surface area is 285 Å². The molecule has 50 heavy (non-hydrogen) atoms. The molecule has 6 heteroatoms. The third kappa shape index (κ3) is 6.21. The second-order valence-corrected chi connectivity index (χ2v) is 11.9. The van der Waals surface area contributed by atoms with E-state index < -0.39 is 10.9 Å². The van der Waals surface area contributed by atoms with Gasteiger partial charge in [-0.25, -0.2) is 0 Å². The monoisotopic (exact) mass is 654 g/mol. The van der Waals surface area contributed by atoms with Gasteiger partial charge in [-0.1, -0.05) is 97.1 Å². The molecule has 0 aromatic heterocycles. The summed E-state index contributed by atoms with van der Waals surface area (Å²) in [6, 6.07) is 48.3. The third-order valence-corrected chi connectivity index (χ3v) is 8.66. The number of aromatic hydroxyl groups is 4. The minimum Gasteiger partial charge on any atom is -0.508 e. The van der Waals surface area contributed by atoms with Gasteiger partial charge < -0.3 is 20.4 Å². The predicted molar refractivity (Wildman–Crippen MR) is 204 cm³/mol. The first kappa shape index (κ1) is 31.7. The first-order valence-electron chi connectivity index (χ1n) is 15.9. The van der Waals surface area contributed by atoms with E-state index in [-0.39, 0.29) is 23.0 Å². The molecule has 10 rings (SSSR count). The summed E-state index contributed by atoms with van der Waals surface area (Å²) in [6.07, 6.45) is 0. The van der Waals surface area contributed by atoms with E-state index in [0.29, 0.717) is 5.39 Å². The topological polar surface area (TPSA) is 115 Å². The van der Waals surface area contributed by atoms with Crippen LogP contribution in [0.4, 0.5) is 0 Å². The van der Waals surface area contributed by atoms with E-state index in [1.165, 1.54) is 86.9 Å². The molecule has 0 aliphatic carbocycles. The Morgan fingerprint density at radius 3 is 0.920 bits per heavy atom. The Balaban J connectivity index is 0.000000112. The smallest absolute Gasteiger partial charge is 0.233 e. The molecule has 0 saturated carbocycles. The average Bonchev–Trinajstić information content (AvgIpc) is 3.14.